The summed E-state index contributed by atoms with van der Waals surface area (Å²) >= 11 is 0. The Morgan fingerprint density at radius 2 is 2.00 bits per heavy atom. The third-order valence-electron chi connectivity index (χ3n) is 4.55. The van der Waals surface area contributed by atoms with E-state index in [9.17, 15) is 0 Å². The van der Waals surface area contributed by atoms with Crippen molar-refractivity contribution in [2.24, 2.45) is 5.92 Å². The lowest BCUT2D eigenvalue weighted by molar-refractivity contribution is 0.163. The van der Waals surface area contributed by atoms with Gasteiger partial charge in [-0.15, -0.1) is 0 Å². The predicted molar refractivity (Wildman–Crippen MR) is 74.2 cm³/mol. The zero-order valence-electron chi connectivity index (χ0n) is 11.5. The van der Waals surface area contributed by atoms with Crippen molar-refractivity contribution in [2.75, 3.05) is 19.6 Å². The van der Waals surface area contributed by atoms with Crippen LogP contribution in [0.5, 0.6) is 0 Å². The Balaban J connectivity index is 1.72. The van der Waals surface area contributed by atoms with Crippen molar-refractivity contribution in [2.45, 2.75) is 58.0 Å². The van der Waals surface area contributed by atoms with E-state index in [1.807, 2.05) is 0 Å². The Labute approximate surface area is 106 Å². The van der Waals surface area contributed by atoms with Crippen molar-refractivity contribution in [3.05, 3.63) is 12.2 Å². The predicted octanol–water partition coefficient (Wildman–Crippen LogP) is 2.81. The standard InChI is InChI=1S/C15H28N2/c1-3-17-11-9-14(10-12-17)13(2)16-15-7-5-4-6-8-15/h4-5,13-16H,3,6-12H2,1-2H3. The number of nitrogens with one attached hydrogen (secondary N) is 1. The number of likely N-dealkylation sites (tertiary alicyclic amines) is 1. The molecule has 1 fully saturated rings. The quantitative estimate of drug-likeness (QED) is 0.755. The maximum atomic E-state index is 3.85. The van der Waals surface area contributed by atoms with Crippen LogP contribution in [0.25, 0.3) is 0 Å². The average Bonchev–Trinajstić information content (AvgIpc) is 2.40. The Morgan fingerprint density at radius 1 is 1.24 bits per heavy atom. The molecular weight excluding hydrogens is 208 g/mol. The fraction of sp³-hybridized carbons (Fsp3) is 0.867. The molecule has 0 aromatic heterocycles. The van der Waals surface area contributed by atoms with Crippen molar-refractivity contribution in [1.82, 2.24) is 10.2 Å². The van der Waals surface area contributed by atoms with Gasteiger partial charge in [0.15, 0.2) is 0 Å². The highest BCUT2D eigenvalue weighted by molar-refractivity contribution is 4.94. The fourth-order valence-corrected chi connectivity index (χ4v) is 3.22. The monoisotopic (exact) mass is 236 g/mol. The second-order valence-corrected chi connectivity index (χ2v) is 5.71. The number of hydrogen-bond acceptors (Lipinski definition) is 2. The van der Waals surface area contributed by atoms with Gasteiger partial charge in [0.25, 0.3) is 0 Å². The van der Waals surface area contributed by atoms with E-state index < -0.39 is 0 Å². The molecule has 0 aromatic rings. The molecule has 1 saturated heterocycles. The van der Waals surface area contributed by atoms with E-state index in [-0.39, 0.29) is 0 Å². The molecule has 0 saturated carbocycles. The third kappa shape index (κ3) is 3.82. The normalized spacial score (nSPS) is 29.4. The highest BCUT2D eigenvalue weighted by Gasteiger charge is 2.24. The molecule has 2 rings (SSSR count). The summed E-state index contributed by atoms with van der Waals surface area (Å²) in [6.07, 6.45) is 11.2. The topological polar surface area (TPSA) is 15.3 Å². The number of rotatable bonds is 4. The van der Waals surface area contributed by atoms with Gasteiger partial charge in [0.1, 0.15) is 0 Å². The smallest absolute Gasteiger partial charge is 0.0107 e. The summed E-state index contributed by atoms with van der Waals surface area (Å²) in [5.41, 5.74) is 0. The van der Waals surface area contributed by atoms with Gasteiger partial charge in [0, 0.05) is 12.1 Å². The molecule has 0 spiro atoms. The Bertz CT molecular complexity index is 241. The molecule has 17 heavy (non-hydrogen) atoms. The lowest BCUT2D eigenvalue weighted by Gasteiger charge is -2.36. The average molecular weight is 236 g/mol. The van der Waals surface area contributed by atoms with Crippen LogP contribution in [-0.4, -0.2) is 36.6 Å². The molecule has 0 radical (unpaired) electrons. The van der Waals surface area contributed by atoms with Gasteiger partial charge in [-0.1, -0.05) is 19.1 Å². The summed E-state index contributed by atoms with van der Waals surface area (Å²) in [7, 11) is 0. The zero-order chi connectivity index (χ0) is 12.1. The second kappa shape index (κ2) is 6.55. The lowest BCUT2D eigenvalue weighted by Crippen LogP contribution is -2.45. The summed E-state index contributed by atoms with van der Waals surface area (Å²) in [4.78, 5) is 2.58. The summed E-state index contributed by atoms with van der Waals surface area (Å²) < 4.78 is 0. The van der Waals surface area contributed by atoms with E-state index in [1.165, 1.54) is 51.7 Å². The maximum absolute atomic E-state index is 3.85. The van der Waals surface area contributed by atoms with Crippen LogP contribution in [-0.2, 0) is 0 Å². The lowest BCUT2D eigenvalue weighted by atomic mass is 9.89. The summed E-state index contributed by atoms with van der Waals surface area (Å²) in [5, 5.41) is 3.85. The first-order valence-electron chi connectivity index (χ1n) is 7.43. The van der Waals surface area contributed by atoms with Crippen LogP contribution in [0.4, 0.5) is 0 Å². The van der Waals surface area contributed by atoms with Crippen LogP contribution in [0, 0.1) is 5.92 Å². The Morgan fingerprint density at radius 3 is 2.59 bits per heavy atom. The molecule has 2 aliphatic rings. The molecule has 1 heterocycles. The number of hydrogen-bond donors (Lipinski definition) is 1. The summed E-state index contributed by atoms with van der Waals surface area (Å²) in [5.74, 6) is 0.892. The summed E-state index contributed by atoms with van der Waals surface area (Å²) in [6.45, 7) is 8.50. The van der Waals surface area contributed by atoms with Gasteiger partial charge in [-0.05, 0) is 64.6 Å². The minimum Gasteiger partial charge on any atom is -0.311 e. The van der Waals surface area contributed by atoms with Crippen LogP contribution in [0.2, 0.25) is 0 Å². The van der Waals surface area contributed by atoms with Crippen molar-refractivity contribution >= 4 is 0 Å². The fourth-order valence-electron chi connectivity index (χ4n) is 3.22. The van der Waals surface area contributed by atoms with Gasteiger partial charge in [-0.3, -0.25) is 0 Å². The molecule has 2 nitrogen and oxygen atoms in total. The van der Waals surface area contributed by atoms with Crippen LogP contribution in [0.15, 0.2) is 12.2 Å². The van der Waals surface area contributed by atoms with Crippen molar-refractivity contribution in [3.8, 4) is 0 Å². The molecule has 0 amide bonds. The number of nitrogens with zero attached hydrogens (tertiary/aromatic N) is 1. The Hall–Kier alpha value is -0.340. The highest BCUT2D eigenvalue weighted by Crippen LogP contribution is 2.22. The third-order valence-corrected chi connectivity index (χ3v) is 4.55. The van der Waals surface area contributed by atoms with Crippen molar-refractivity contribution in [1.29, 1.82) is 0 Å². The first-order chi connectivity index (χ1) is 8.29. The molecule has 2 atom stereocenters. The van der Waals surface area contributed by atoms with Crippen LogP contribution >= 0.6 is 0 Å². The van der Waals surface area contributed by atoms with Crippen LogP contribution < -0.4 is 5.32 Å². The molecule has 98 valence electrons. The Kier molecular flexibility index (Phi) is 5.05. The number of piperidine rings is 1. The van der Waals surface area contributed by atoms with Gasteiger partial charge >= 0.3 is 0 Å². The van der Waals surface area contributed by atoms with Crippen molar-refractivity contribution in [3.63, 3.8) is 0 Å². The van der Waals surface area contributed by atoms with Gasteiger partial charge in [-0.25, -0.2) is 0 Å². The SMILES string of the molecule is CCN1CCC(C(C)NC2CC=CCC2)CC1. The first-order valence-corrected chi connectivity index (χ1v) is 7.43. The van der Waals surface area contributed by atoms with Crippen LogP contribution in [0.1, 0.15) is 46.0 Å². The van der Waals surface area contributed by atoms with E-state index in [0.29, 0.717) is 6.04 Å². The van der Waals surface area contributed by atoms with Gasteiger partial charge in [0.2, 0.25) is 0 Å². The van der Waals surface area contributed by atoms with Gasteiger partial charge in [0.05, 0.1) is 0 Å². The molecule has 1 N–H and O–H groups in total. The number of allylic oxidation sites excluding steroid dienone is 1. The molecule has 2 unspecified atom stereocenters. The van der Waals surface area contributed by atoms with Gasteiger partial charge < -0.3 is 10.2 Å². The second-order valence-electron chi connectivity index (χ2n) is 5.71. The molecular formula is C15H28N2. The van der Waals surface area contributed by atoms with Crippen LogP contribution in [0.3, 0.4) is 0 Å². The van der Waals surface area contributed by atoms with Crippen molar-refractivity contribution < 1.29 is 0 Å². The molecule has 1 aliphatic carbocycles. The van der Waals surface area contributed by atoms with E-state index in [0.717, 1.165) is 12.0 Å². The minimum atomic E-state index is 0.700. The van der Waals surface area contributed by atoms with Gasteiger partial charge in [-0.2, -0.15) is 0 Å². The molecule has 0 aromatic carbocycles. The molecule has 0 bridgehead atoms. The largest absolute Gasteiger partial charge is 0.311 e. The first kappa shape index (κ1) is 13.1. The zero-order valence-corrected chi connectivity index (χ0v) is 11.5. The minimum absolute atomic E-state index is 0.700. The maximum Gasteiger partial charge on any atom is 0.0107 e. The molecule has 1 aliphatic heterocycles. The highest BCUT2D eigenvalue weighted by atomic mass is 15.1. The van der Waals surface area contributed by atoms with E-state index in [1.54, 1.807) is 0 Å². The van der Waals surface area contributed by atoms with E-state index >= 15 is 0 Å². The van der Waals surface area contributed by atoms with E-state index in [2.05, 4.69) is 36.2 Å². The molecule has 2 heteroatoms. The van der Waals surface area contributed by atoms with E-state index in [4.69, 9.17) is 0 Å². The summed E-state index contributed by atoms with van der Waals surface area (Å²) in [6, 6.07) is 1.43.